The van der Waals surface area contributed by atoms with Gasteiger partial charge in [0.2, 0.25) is 5.89 Å². The molecule has 0 bridgehead atoms. The van der Waals surface area contributed by atoms with E-state index in [2.05, 4.69) is 15.5 Å². The highest BCUT2D eigenvalue weighted by molar-refractivity contribution is 5.45. The lowest BCUT2D eigenvalue weighted by Crippen LogP contribution is -2.02. The van der Waals surface area contributed by atoms with Gasteiger partial charge in [0.1, 0.15) is 6.10 Å². The lowest BCUT2D eigenvalue weighted by Gasteiger charge is -2.04. The number of methoxy groups -OCH3 is 1. The molecule has 2 aromatic rings. The summed E-state index contributed by atoms with van der Waals surface area (Å²) in [6.45, 7) is 2.30. The molecule has 0 saturated carbocycles. The van der Waals surface area contributed by atoms with E-state index in [1.165, 1.54) is 0 Å². The number of benzene rings is 1. The molecule has 0 aliphatic rings. The van der Waals surface area contributed by atoms with Crippen LogP contribution in [0, 0.1) is 0 Å². The van der Waals surface area contributed by atoms with Crippen LogP contribution in [0.15, 0.2) is 28.8 Å². The van der Waals surface area contributed by atoms with Crippen molar-refractivity contribution in [2.75, 3.05) is 12.4 Å². The van der Waals surface area contributed by atoms with Crippen molar-refractivity contribution >= 4 is 5.69 Å². The second-order valence-corrected chi connectivity index (χ2v) is 4.14. The first-order chi connectivity index (χ1) is 9.22. The summed E-state index contributed by atoms with van der Waals surface area (Å²) in [4.78, 5) is 4.22. The van der Waals surface area contributed by atoms with E-state index in [4.69, 9.17) is 14.4 Å². The van der Waals surface area contributed by atoms with Crippen LogP contribution in [0.5, 0.6) is 0 Å². The monoisotopic (exact) mass is 263 g/mol. The number of anilines is 1. The van der Waals surface area contributed by atoms with E-state index in [0.29, 0.717) is 18.3 Å². The molecule has 19 heavy (non-hydrogen) atoms. The summed E-state index contributed by atoms with van der Waals surface area (Å²) in [5.41, 5.74) is 1.75. The van der Waals surface area contributed by atoms with Crippen LogP contribution in [-0.4, -0.2) is 22.4 Å². The Bertz CT molecular complexity index is 527. The average Bonchev–Trinajstić information content (AvgIpc) is 2.93. The molecular weight excluding hydrogens is 246 g/mol. The zero-order valence-electron chi connectivity index (χ0n) is 11.0. The van der Waals surface area contributed by atoms with E-state index >= 15 is 0 Å². The maximum absolute atomic E-state index is 9.06. The van der Waals surface area contributed by atoms with E-state index in [1.807, 2.05) is 31.2 Å². The van der Waals surface area contributed by atoms with Crippen LogP contribution in [0.25, 0.3) is 0 Å². The van der Waals surface area contributed by atoms with Gasteiger partial charge in [0.15, 0.2) is 5.82 Å². The van der Waals surface area contributed by atoms with Crippen LogP contribution in [-0.2, 0) is 17.9 Å². The van der Waals surface area contributed by atoms with Crippen molar-refractivity contribution in [3.8, 4) is 0 Å². The van der Waals surface area contributed by atoms with Crippen molar-refractivity contribution in [1.29, 1.82) is 0 Å². The third kappa shape index (κ3) is 3.52. The van der Waals surface area contributed by atoms with Gasteiger partial charge >= 0.3 is 0 Å². The molecule has 6 heteroatoms. The minimum Gasteiger partial charge on any atom is -0.392 e. The van der Waals surface area contributed by atoms with Gasteiger partial charge in [0.25, 0.3) is 0 Å². The SMILES string of the molecule is COC(C)c1noc(CNc2cccc(CO)c2)n1. The van der Waals surface area contributed by atoms with E-state index in [9.17, 15) is 0 Å². The van der Waals surface area contributed by atoms with Gasteiger partial charge in [-0.2, -0.15) is 4.98 Å². The molecule has 2 rings (SSSR count). The lowest BCUT2D eigenvalue weighted by molar-refractivity contribution is 0.109. The van der Waals surface area contributed by atoms with Crippen molar-refractivity contribution in [1.82, 2.24) is 10.1 Å². The van der Waals surface area contributed by atoms with Crippen LogP contribution in [0.2, 0.25) is 0 Å². The Labute approximate surface area is 111 Å². The molecule has 0 spiro atoms. The van der Waals surface area contributed by atoms with Gasteiger partial charge in [-0.1, -0.05) is 17.3 Å². The maximum atomic E-state index is 9.06. The van der Waals surface area contributed by atoms with Gasteiger partial charge in [-0.3, -0.25) is 0 Å². The van der Waals surface area contributed by atoms with Gasteiger partial charge in [-0.15, -0.1) is 0 Å². The zero-order valence-corrected chi connectivity index (χ0v) is 11.0. The van der Waals surface area contributed by atoms with Crippen LogP contribution < -0.4 is 5.32 Å². The number of aliphatic hydroxyl groups excluding tert-OH is 1. The van der Waals surface area contributed by atoms with Gasteiger partial charge in [-0.05, 0) is 24.6 Å². The molecule has 0 saturated heterocycles. The molecule has 1 aromatic heterocycles. The summed E-state index contributed by atoms with van der Waals surface area (Å²) in [7, 11) is 1.60. The van der Waals surface area contributed by atoms with Crippen LogP contribution in [0.4, 0.5) is 5.69 Å². The summed E-state index contributed by atoms with van der Waals surface area (Å²) in [5.74, 6) is 1.02. The third-order valence-electron chi connectivity index (χ3n) is 2.75. The largest absolute Gasteiger partial charge is 0.392 e. The smallest absolute Gasteiger partial charge is 0.246 e. The number of nitrogens with one attached hydrogen (secondary N) is 1. The van der Waals surface area contributed by atoms with E-state index in [0.717, 1.165) is 11.3 Å². The van der Waals surface area contributed by atoms with Crippen LogP contribution >= 0.6 is 0 Å². The maximum Gasteiger partial charge on any atom is 0.246 e. The molecule has 1 aromatic carbocycles. The zero-order chi connectivity index (χ0) is 13.7. The van der Waals surface area contributed by atoms with E-state index < -0.39 is 0 Å². The Morgan fingerprint density at radius 2 is 2.32 bits per heavy atom. The van der Waals surface area contributed by atoms with E-state index in [-0.39, 0.29) is 12.7 Å². The summed E-state index contributed by atoms with van der Waals surface area (Å²) < 4.78 is 10.2. The number of aliphatic hydroxyl groups is 1. The fraction of sp³-hybridized carbons (Fsp3) is 0.385. The molecule has 102 valence electrons. The molecule has 0 fully saturated rings. The minimum atomic E-state index is -0.185. The molecule has 0 amide bonds. The molecule has 0 aliphatic heterocycles. The van der Waals surface area contributed by atoms with Gasteiger partial charge in [0.05, 0.1) is 13.2 Å². The number of hydrogen-bond acceptors (Lipinski definition) is 6. The predicted octanol–water partition coefficient (Wildman–Crippen LogP) is 1.88. The third-order valence-corrected chi connectivity index (χ3v) is 2.75. The van der Waals surface area contributed by atoms with Crippen LogP contribution in [0.3, 0.4) is 0 Å². The Kier molecular flexibility index (Phi) is 4.48. The van der Waals surface area contributed by atoms with Crippen molar-refractivity contribution in [2.45, 2.75) is 26.2 Å². The Morgan fingerprint density at radius 3 is 3.05 bits per heavy atom. The van der Waals surface area contributed by atoms with Crippen LogP contribution in [0.1, 0.15) is 30.3 Å². The molecule has 1 heterocycles. The first-order valence-electron chi connectivity index (χ1n) is 6.02. The number of aromatic nitrogens is 2. The normalized spacial score (nSPS) is 12.4. The minimum absolute atomic E-state index is 0.0194. The molecule has 2 N–H and O–H groups in total. The topological polar surface area (TPSA) is 80.4 Å². The first kappa shape index (κ1) is 13.5. The lowest BCUT2D eigenvalue weighted by atomic mass is 10.2. The van der Waals surface area contributed by atoms with Gasteiger partial charge in [-0.25, -0.2) is 0 Å². The van der Waals surface area contributed by atoms with Crippen molar-refractivity contribution in [2.24, 2.45) is 0 Å². The molecule has 0 radical (unpaired) electrons. The fourth-order valence-corrected chi connectivity index (χ4v) is 1.57. The molecule has 1 unspecified atom stereocenters. The Morgan fingerprint density at radius 1 is 1.47 bits per heavy atom. The highest BCUT2D eigenvalue weighted by atomic mass is 16.5. The molecule has 0 aliphatic carbocycles. The predicted molar refractivity (Wildman–Crippen MR) is 69.4 cm³/mol. The summed E-state index contributed by atoms with van der Waals surface area (Å²) >= 11 is 0. The Hall–Kier alpha value is -1.92. The number of nitrogens with zero attached hydrogens (tertiary/aromatic N) is 2. The molecule has 6 nitrogen and oxygen atoms in total. The Balaban J connectivity index is 1.96. The summed E-state index contributed by atoms with van der Waals surface area (Å²) in [6, 6.07) is 7.51. The second kappa shape index (κ2) is 6.31. The number of hydrogen-bond donors (Lipinski definition) is 2. The first-order valence-corrected chi connectivity index (χ1v) is 6.02. The summed E-state index contributed by atoms with van der Waals surface area (Å²) in [5, 5.41) is 16.1. The van der Waals surface area contributed by atoms with Gasteiger partial charge < -0.3 is 19.7 Å². The molecule has 1 atom stereocenters. The number of rotatable bonds is 6. The highest BCUT2D eigenvalue weighted by Crippen LogP contribution is 2.14. The molecular formula is C13H17N3O3. The van der Waals surface area contributed by atoms with Gasteiger partial charge in [0, 0.05) is 12.8 Å². The summed E-state index contributed by atoms with van der Waals surface area (Å²) in [6.07, 6.45) is -0.185. The quantitative estimate of drug-likeness (QED) is 0.828. The van der Waals surface area contributed by atoms with Crippen molar-refractivity contribution in [3.63, 3.8) is 0 Å². The highest BCUT2D eigenvalue weighted by Gasteiger charge is 2.12. The average molecular weight is 263 g/mol. The standard InChI is InChI=1S/C13H17N3O3/c1-9(18-2)13-15-12(19-16-13)7-14-11-5-3-4-10(6-11)8-17/h3-6,9,14,17H,7-8H2,1-2H3. The van der Waals surface area contributed by atoms with Crippen molar-refractivity contribution < 1.29 is 14.4 Å². The van der Waals surface area contributed by atoms with E-state index in [1.54, 1.807) is 7.11 Å². The fourth-order valence-electron chi connectivity index (χ4n) is 1.57. The second-order valence-electron chi connectivity index (χ2n) is 4.14. The van der Waals surface area contributed by atoms with Crippen molar-refractivity contribution in [3.05, 3.63) is 41.5 Å². The number of ether oxygens (including phenoxy) is 1.